The van der Waals surface area contributed by atoms with Crippen LogP contribution in [0.2, 0.25) is 0 Å². The first-order valence-electron chi connectivity index (χ1n) is 22.2. The van der Waals surface area contributed by atoms with Gasteiger partial charge in [-0.05, 0) is 144 Å². The number of rotatable bonds is 14. The maximum absolute atomic E-state index is 12.8. The van der Waals surface area contributed by atoms with Crippen molar-refractivity contribution in [2.45, 2.75) is 65.2 Å². The second kappa shape index (κ2) is 18.8. The maximum atomic E-state index is 12.8. The van der Waals surface area contributed by atoms with Gasteiger partial charge >= 0.3 is 0 Å². The molecule has 2 aliphatic heterocycles. The zero-order chi connectivity index (χ0) is 42.4. The largest absolute Gasteiger partial charge is 0.326 e. The number of aromatic nitrogens is 7. The standard InChI is InChI=1S/C49H55N11O2/c1-34-17-23-57(24-18-34)21-5-11-48(61)50-40-9-3-7-36(28-40)46-32-59(55-53-46)42-15-13-38-27-39-14-16-43(31-45(39)52-44(38)30-42)60-33-47(54-56-60)37-8-4-10-41(29-37)51-49(62)12-6-22-58-25-19-35(2)20-26-58/h3-4,7-10,13-16,27-35H,5-6,11-12,17-26H2,1-2H3,(H,50,61)(H,51,62). The molecule has 2 N–H and O–H groups in total. The zero-order valence-corrected chi connectivity index (χ0v) is 35.7. The Hall–Kier alpha value is -6.31. The minimum Gasteiger partial charge on any atom is -0.326 e. The lowest BCUT2D eigenvalue weighted by Crippen LogP contribution is -2.33. The van der Waals surface area contributed by atoms with E-state index in [1.165, 1.54) is 25.7 Å². The molecule has 9 rings (SSSR count). The summed E-state index contributed by atoms with van der Waals surface area (Å²) in [5.74, 6) is 1.66. The number of pyridine rings is 1. The molecule has 0 spiro atoms. The second-order valence-corrected chi connectivity index (χ2v) is 17.4. The molecule has 2 aliphatic rings. The van der Waals surface area contributed by atoms with Crippen LogP contribution in [0.25, 0.3) is 55.7 Å². The lowest BCUT2D eigenvalue weighted by molar-refractivity contribution is -0.117. The number of hydrogen-bond acceptors (Lipinski definition) is 9. The highest BCUT2D eigenvalue weighted by atomic mass is 16.2. The number of nitrogens with zero attached hydrogens (tertiary/aromatic N) is 9. The first-order valence-corrected chi connectivity index (χ1v) is 22.2. The van der Waals surface area contributed by atoms with Crippen LogP contribution in [0.3, 0.4) is 0 Å². The first-order chi connectivity index (χ1) is 30.3. The quantitative estimate of drug-likeness (QED) is 0.103. The van der Waals surface area contributed by atoms with Gasteiger partial charge in [-0.1, -0.05) is 60.7 Å². The van der Waals surface area contributed by atoms with Gasteiger partial charge in [-0.15, -0.1) is 10.2 Å². The lowest BCUT2D eigenvalue weighted by atomic mass is 9.99. The monoisotopic (exact) mass is 829 g/mol. The fourth-order valence-corrected chi connectivity index (χ4v) is 8.59. The summed E-state index contributed by atoms with van der Waals surface area (Å²) < 4.78 is 3.50. The Morgan fingerprint density at radius 2 is 1.03 bits per heavy atom. The van der Waals surface area contributed by atoms with Crippen molar-refractivity contribution in [3.05, 3.63) is 103 Å². The van der Waals surface area contributed by atoms with Crippen molar-refractivity contribution in [2.24, 2.45) is 11.8 Å². The minimum atomic E-state index is 0.0259. The molecule has 0 atom stereocenters. The van der Waals surface area contributed by atoms with Crippen LogP contribution in [0.1, 0.15) is 65.2 Å². The van der Waals surface area contributed by atoms with Crippen LogP contribution in [0, 0.1) is 11.8 Å². The Bertz CT molecular complexity index is 2490. The Balaban J connectivity index is 0.834. The number of carbonyl (C=O) groups excluding carboxylic acids is 2. The number of piperidine rings is 2. The molecule has 2 amide bonds. The molecule has 4 aromatic carbocycles. The van der Waals surface area contributed by atoms with Crippen molar-refractivity contribution in [1.29, 1.82) is 0 Å². The van der Waals surface area contributed by atoms with Crippen molar-refractivity contribution >= 4 is 45.0 Å². The Labute approximate surface area is 362 Å². The number of hydrogen-bond donors (Lipinski definition) is 2. The summed E-state index contributed by atoms with van der Waals surface area (Å²) in [6, 6.07) is 29.8. The molecule has 13 heteroatoms. The molecule has 5 heterocycles. The van der Waals surface area contributed by atoms with Crippen LogP contribution in [0.4, 0.5) is 11.4 Å². The smallest absolute Gasteiger partial charge is 0.224 e. The van der Waals surface area contributed by atoms with Crippen LogP contribution in [0.15, 0.2) is 103 Å². The van der Waals surface area contributed by atoms with Gasteiger partial charge in [-0.2, -0.15) is 0 Å². The summed E-state index contributed by atoms with van der Waals surface area (Å²) in [6.45, 7) is 11.1. The fraction of sp³-hybridized carbons (Fsp3) is 0.367. The van der Waals surface area contributed by atoms with E-state index in [0.717, 1.165) is 120 Å². The molecular weight excluding hydrogens is 775 g/mol. The van der Waals surface area contributed by atoms with E-state index in [4.69, 9.17) is 4.98 Å². The van der Waals surface area contributed by atoms with E-state index in [2.05, 4.69) is 61.0 Å². The molecule has 0 unspecified atom stereocenters. The van der Waals surface area contributed by atoms with Crippen LogP contribution in [-0.2, 0) is 9.59 Å². The normalized spacial score (nSPS) is 15.6. The summed E-state index contributed by atoms with van der Waals surface area (Å²) in [5, 5.41) is 26.0. The number of nitrogens with one attached hydrogen (secondary N) is 2. The third-order valence-corrected chi connectivity index (χ3v) is 12.5. The number of likely N-dealkylation sites (tertiary alicyclic amines) is 2. The predicted octanol–water partition coefficient (Wildman–Crippen LogP) is 8.78. The van der Waals surface area contributed by atoms with E-state index in [-0.39, 0.29) is 11.8 Å². The molecule has 2 saturated heterocycles. The predicted molar refractivity (Wildman–Crippen MR) is 245 cm³/mol. The highest BCUT2D eigenvalue weighted by Gasteiger charge is 2.18. The Morgan fingerprint density at radius 1 is 0.581 bits per heavy atom. The highest BCUT2D eigenvalue weighted by molar-refractivity contribution is 5.94. The van der Waals surface area contributed by atoms with E-state index >= 15 is 0 Å². The lowest BCUT2D eigenvalue weighted by Gasteiger charge is -2.29. The van der Waals surface area contributed by atoms with Gasteiger partial charge in [0, 0.05) is 46.1 Å². The third-order valence-electron chi connectivity index (χ3n) is 12.5. The number of fused-ring (bicyclic) bond motifs is 2. The van der Waals surface area contributed by atoms with E-state index in [1.807, 2.05) is 97.3 Å². The Morgan fingerprint density at radius 3 is 1.48 bits per heavy atom. The van der Waals surface area contributed by atoms with Crippen molar-refractivity contribution in [2.75, 3.05) is 49.9 Å². The first kappa shape index (κ1) is 41.1. The third kappa shape index (κ3) is 10.1. The van der Waals surface area contributed by atoms with Gasteiger partial charge in [-0.25, -0.2) is 14.3 Å². The summed E-state index contributed by atoms with van der Waals surface area (Å²) in [6.07, 6.45) is 11.5. The molecule has 0 aliphatic carbocycles. The van der Waals surface area contributed by atoms with Gasteiger partial charge in [0.15, 0.2) is 0 Å². The molecular formula is C49H55N11O2. The number of benzene rings is 4. The van der Waals surface area contributed by atoms with Crippen LogP contribution >= 0.6 is 0 Å². The number of anilines is 2. The van der Waals surface area contributed by atoms with Gasteiger partial charge in [-0.3, -0.25) is 9.59 Å². The van der Waals surface area contributed by atoms with Gasteiger partial charge in [0.1, 0.15) is 11.4 Å². The van der Waals surface area contributed by atoms with E-state index in [0.29, 0.717) is 24.2 Å². The SMILES string of the molecule is CC1CCN(CCCC(=O)Nc2cccc(-c3cn(-c4ccc5cc6ccc(-n7cc(-c8cccc(NC(=O)CCCN9CCC(C)CC9)c8)nn7)cc6nc5c4)nn3)c2)CC1. The van der Waals surface area contributed by atoms with Gasteiger partial charge < -0.3 is 20.4 Å². The molecule has 62 heavy (non-hydrogen) atoms. The van der Waals surface area contributed by atoms with Crippen molar-refractivity contribution in [3.8, 4) is 33.9 Å². The fourth-order valence-electron chi connectivity index (χ4n) is 8.59. The summed E-state index contributed by atoms with van der Waals surface area (Å²) in [4.78, 5) is 35.6. The summed E-state index contributed by atoms with van der Waals surface area (Å²) in [5.41, 5.74) is 7.94. The molecule has 7 aromatic rings. The number of carbonyl (C=O) groups is 2. The van der Waals surface area contributed by atoms with Crippen molar-refractivity contribution in [1.82, 2.24) is 44.8 Å². The summed E-state index contributed by atoms with van der Waals surface area (Å²) >= 11 is 0. The highest BCUT2D eigenvalue weighted by Crippen LogP contribution is 2.28. The topological polar surface area (TPSA) is 139 Å². The minimum absolute atomic E-state index is 0.0259. The molecule has 0 radical (unpaired) electrons. The van der Waals surface area contributed by atoms with Gasteiger partial charge in [0.25, 0.3) is 0 Å². The second-order valence-electron chi connectivity index (χ2n) is 17.4. The van der Waals surface area contributed by atoms with Crippen LogP contribution < -0.4 is 10.6 Å². The molecule has 13 nitrogen and oxygen atoms in total. The van der Waals surface area contributed by atoms with E-state index in [9.17, 15) is 9.59 Å². The molecule has 0 saturated carbocycles. The van der Waals surface area contributed by atoms with Crippen molar-refractivity contribution < 1.29 is 9.59 Å². The molecule has 0 bridgehead atoms. The van der Waals surface area contributed by atoms with Crippen LogP contribution in [0.5, 0.6) is 0 Å². The maximum Gasteiger partial charge on any atom is 0.224 e. The molecule has 318 valence electrons. The Kier molecular flexibility index (Phi) is 12.4. The average molecular weight is 830 g/mol. The molecule has 3 aromatic heterocycles. The van der Waals surface area contributed by atoms with E-state index < -0.39 is 0 Å². The zero-order valence-electron chi connectivity index (χ0n) is 35.7. The van der Waals surface area contributed by atoms with Gasteiger partial charge in [0.05, 0.1) is 34.8 Å². The molecule has 2 fully saturated rings. The summed E-state index contributed by atoms with van der Waals surface area (Å²) in [7, 11) is 0. The number of amides is 2. The van der Waals surface area contributed by atoms with Gasteiger partial charge in [0.2, 0.25) is 11.8 Å². The van der Waals surface area contributed by atoms with E-state index in [1.54, 1.807) is 9.36 Å². The van der Waals surface area contributed by atoms with Crippen molar-refractivity contribution in [3.63, 3.8) is 0 Å². The average Bonchev–Trinajstić information content (AvgIpc) is 3.99. The van der Waals surface area contributed by atoms with Crippen LogP contribution in [-0.4, -0.2) is 95.9 Å².